The van der Waals surface area contributed by atoms with Gasteiger partial charge in [-0.25, -0.2) is 0 Å². The van der Waals surface area contributed by atoms with Gasteiger partial charge in [0.15, 0.2) is 0 Å². The number of hydrogen-bond donors (Lipinski definition) is 1. The molecule has 0 saturated carbocycles. The Hall–Kier alpha value is -2.85. The van der Waals surface area contributed by atoms with Gasteiger partial charge >= 0.3 is 0 Å². The van der Waals surface area contributed by atoms with E-state index in [1.807, 2.05) is 50.2 Å². The lowest BCUT2D eigenvalue weighted by molar-refractivity contribution is -0.140. The highest BCUT2D eigenvalue weighted by molar-refractivity contribution is 6.31. The van der Waals surface area contributed by atoms with Crippen LogP contribution in [0, 0.1) is 0 Å². The van der Waals surface area contributed by atoms with E-state index in [1.54, 1.807) is 17.9 Å². The van der Waals surface area contributed by atoms with E-state index in [2.05, 4.69) is 29.6 Å². The zero-order chi connectivity index (χ0) is 23.1. The number of amides is 2. The highest BCUT2D eigenvalue weighted by Crippen LogP contribution is 2.22. The second-order valence-corrected chi connectivity index (χ2v) is 8.65. The molecule has 0 spiro atoms. The maximum atomic E-state index is 13.4. The standard InChI is InChI=1S/C27H31ClN2O2/c1-4-19(2)29-27(32)20(3)30(18-23-11-6-8-15-25(23)28)26(31)17-16-22-13-9-12-21-10-5-7-14-24(21)22/h5-15,19-20H,4,16-18H2,1-3H3,(H,29,32)/t19-,20-/m0/s1. The van der Waals surface area contributed by atoms with E-state index < -0.39 is 6.04 Å². The smallest absolute Gasteiger partial charge is 0.242 e. The second-order valence-electron chi connectivity index (χ2n) is 8.25. The van der Waals surface area contributed by atoms with Crippen molar-refractivity contribution in [2.75, 3.05) is 0 Å². The molecule has 0 aromatic heterocycles. The Morgan fingerprint density at radius 1 is 0.938 bits per heavy atom. The van der Waals surface area contributed by atoms with Crippen LogP contribution in [0.3, 0.4) is 0 Å². The highest BCUT2D eigenvalue weighted by Gasteiger charge is 2.27. The Morgan fingerprint density at radius 3 is 2.34 bits per heavy atom. The number of benzene rings is 3. The molecule has 32 heavy (non-hydrogen) atoms. The number of halogens is 1. The fraction of sp³-hybridized carbons (Fsp3) is 0.333. The molecule has 2 amide bonds. The van der Waals surface area contributed by atoms with Crippen LogP contribution in [0.5, 0.6) is 0 Å². The molecule has 4 nitrogen and oxygen atoms in total. The first-order valence-corrected chi connectivity index (χ1v) is 11.6. The minimum atomic E-state index is -0.597. The molecule has 168 valence electrons. The predicted molar refractivity (Wildman–Crippen MR) is 132 cm³/mol. The zero-order valence-corrected chi connectivity index (χ0v) is 19.7. The van der Waals surface area contributed by atoms with Gasteiger partial charge in [-0.3, -0.25) is 9.59 Å². The molecular formula is C27H31ClN2O2. The van der Waals surface area contributed by atoms with Gasteiger partial charge in [-0.1, -0.05) is 79.2 Å². The number of nitrogens with zero attached hydrogens (tertiary/aromatic N) is 1. The van der Waals surface area contributed by atoms with Crippen molar-refractivity contribution in [1.29, 1.82) is 0 Å². The Bertz CT molecular complexity index is 1080. The van der Waals surface area contributed by atoms with Crippen LogP contribution in [0.1, 0.15) is 44.7 Å². The maximum absolute atomic E-state index is 13.4. The third kappa shape index (κ3) is 5.89. The topological polar surface area (TPSA) is 49.4 Å². The summed E-state index contributed by atoms with van der Waals surface area (Å²) >= 11 is 6.36. The molecule has 0 aliphatic carbocycles. The van der Waals surface area contributed by atoms with Crippen LogP contribution in [0.2, 0.25) is 5.02 Å². The van der Waals surface area contributed by atoms with Crippen LogP contribution in [0.25, 0.3) is 10.8 Å². The molecule has 1 N–H and O–H groups in total. The van der Waals surface area contributed by atoms with Crippen molar-refractivity contribution >= 4 is 34.2 Å². The average Bonchev–Trinajstić information content (AvgIpc) is 2.81. The van der Waals surface area contributed by atoms with E-state index in [0.29, 0.717) is 24.4 Å². The van der Waals surface area contributed by atoms with Gasteiger partial charge in [-0.2, -0.15) is 0 Å². The molecule has 0 bridgehead atoms. The van der Waals surface area contributed by atoms with Crippen molar-refractivity contribution in [2.24, 2.45) is 0 Å². The summed E-state index contributed by atoms with van der Waals surface area (Å²) < 4.78 is 0. The number of carbonyl (C=O) groups is 2. The van der Waals surface area contributed by atoms with Gasteiger partial charge < -0.3 is 10.2 Å². The summed E-state index contributed by atoms with van der Waals surface area (Å²) in [6.45, 7) is 6.06. The minimum absolute atomic E-state index is 0.0536. The molecule has 0 unspecified atom stereocenters. The van der Waals surface area contributed by atoms with Gasteiger partial charge in [0.1, 0.15) is 6.04 Å². The molecular weight excluding hydrogens is 420 g/mol. The molecule has 5 heteroatoms. The lowest BCUT2D eigenvalue weighted by Gasteiger charge is -2.30. The third-order valence-corrected chi connectivity index (χ3v) is 6.32. The van der Waals surface area contributed by atoms with Crippen LogP contribution in [-0.4, -0.2) is 28.8 Å². The summed E-state index contributed by atoms with van der Waals surface area (Å²) in [6.07, 6.45) is 1.76. The van der Waals surface area contributed by atoms with E-state index in [-0.39, 0.29) is 17.9 Å². The molecule has 0 heterocycles. The Balaban J connectivity index is 1.80. The average molecular weight is 451 g/mol. The molecule has 3 aromatic rings. The van der Waals surface area contributed by atoms with E-state index in [4.69, 9.17) is 11.6 Å². The van der Waals surface area contributed by atoms with Gasteiger partial charge in [0, 0.05) is 24.0 Å². The van der Waals surface area contributed by atoms with Gasteiger partial charge in [-0.05, 0) is 54.7 Å². The van der Waals surface area contributed by atoms with E-state index in [1.165, 1.54) is 0 Å². The SMILES string of the molecule is CC[C@H](C)NC(=O)[C@H](C)N(Cc1ccccc1Cl)C(=O)CCc1cccc2ccccc12. The Labute approximate surface area is 195 Å². The summed E-state index contributed by atoms with van der Waals surface area (Å²) in [5.41, 5.74) is 1.96. The van der Waals surface area contributed by atoms with Crippen molar-refractivity contribution in [3.05, 3.63) is 82.9 Å². The first-order valence-electron chi connectivity index (χ1n) is 11.2. The van der Waals surface area contributed by atoms with E-state index in [0.717, 1.165) is 28.3 Å². The normalized spacial score (nSPS) is 12.9. The molecule has 0 fully saturated rings. The predicted octanol–water partition coefficient (Wildman–Crippen LogP) is 5.76. The van der Waals surface area contributed by atoms with Crippen LogP contribution >= 0.6 is 11.6 Å². The zero-order valence-electron chi connectivity index (χ0n) is 19.0. The lowest BCUT2D eigenvalue weighted by atomic mass is 10.0. The fourth-order valence-electron chi connectivity index (χ4n) is 3.75. The van der Waals surface area contributed by atoms with Crippen molar-refractivity contribution in [1.82, 2.24) is 10.2 Å². The van der Waals surface area contributed by atoms with Crippen LogP contribution in [0.4, 0.5) is 0 Å². The lowest BCUT2D eigenvalue weighted by Crippen LogP contribution is -2.49. The summed E-state index contributed by atoms with van der Waals surface area (Å²) in [5.74, 6) is -0.213. The monoisotopic (exact) mass is 450 g/mol. The number of hydrogen-bond acceptors (Lipinski definition) is 2. The first-order chi connectivity index (χ1) is 15.4. The number of rotatable bonds is 9. The molecule has 2 atom stereocenters. The van der Waals surface area contributed by atoms with Crippen molar-refractivity contribution < 1.29 is 9.59 Å². The molecule has 0 radical (unpaired) electrons. The fourth-order valence-corrected chi connectivity index (χ4v) is 3.95. The highest BCUT2D eigenvalue weighted by atomic mass is 35.5. The van der Waals surface area contributed by atoms with Crippen LogP contribution in [0.15, 0.2) is 66.7 Å². The van der Waals surface area contributed by atoms with E-state index in [9.17, 15) is 9.59 Å². The summed E-state index contributed by atoms with van der Waals surface area (Å²) in [5, 5.41) is 5.90. The van der Waals surface area contributed by atoms with Gasteiger partial charge in [0.2, 0.25) is 11.8 Å². The minimum Gasteiger partial charge on any atom is -0.352 e. The number of nitrogens with one attached hydrogen (secondary N) is 1. The Kier molecular flexibility index (Phi) is 8.29. The number of carbonyl (C=O) groups excluding carboxylic acids is 2. The van der Waals surface area contributed by atoms with Crippen molar-refractivity contribution in [3.8, 4) is 0 Å². The summed E-state index contributed by atoms with van der Waals surface area (Å²) in [7, 11) is 0. The second kappa shape index (κ2) is 11.1. The number of fused-ring (bicyclic) bond motifs is 1. The summed E-state index contributed by atoms with van der Waals surface area (Å²) in [6, 6.07) is 21.2. The largest absolute Gasteiger partial charge is 0.352 e. The molecule has 3 aromatic carbocycles. The van der Waals surface area contributed by atoms with E-state index >= 15 is 0 Å². The quantitative estimate of drug-likeness (QED) is 0.450. The summed E-state index contributed by atoms with van der Waals surface area (Å²) in [4.78, 5) is 27.9. The van der Waals surface area contributed by atoms with Gasteiger partial charge in [-0.15, -0.1) is 0 Å². The third-order valence-electron chi connectivity index (χ3n) is 5.95. The first kappa shape index (κ1) is 23.8. The van der Waals surface area contributed by atoms with Crippen LogP contribution < -0.4 is 5.32 Å². The maximum Gasteiger partial charge on any atom is 0.242 e. The van der Waals surface area contributed by atoms with Crippen molar-refractivity contribution in [2.45, 2.75) is 58.7 Å². The van der Waals surface area contributed by atoms with Gasteiger partial charge in [0.05, 0.1) is 0 Å². The van der Waals surface area contributed by atoms with Crippen LogP contribution in [-0.2, 0) is 22.6 Å². The molecule has 0 aliphatic rings. The molecule has 0 aliphatic heterocycles. The van der Waals surface area contributed by atoms with Crippen molar-refractivity contribution in [3.63, 3.8) is 0 Å². The Morgan fingerprint density at radius 2 is 1.59 bits per heavy atom. The molecule has 0 saturated heterocycles. The molecule has 3 rings (SSSR count). The number of aryl methyl sites for hydroxylation is 1. The van der Waals surface area contributed by atoms with Gasteiger partial charge in [0.25, 0.3) is 0 Å².